The van der Waals surface area contributed by atoms with Gasteiger partial charge in [0.15, 0.2) is 5.78 Å². The summed E-state index contributed by atoms with van der Waals surface area (Å²) in [5.41, 5.74) is 0. The summed E-state index contributed by atoms with van der Waals surface area (Å²) < 4.78 is 0. The number of hydrogen-bond acceptors (Lipinski definition) is 3. The Hall–Kier alpha value is -0.410. The van der Waals surface area contributed by atoms with Gasteiger partial charge in [-0.25, -0.2) is 0 Å². The topological polar surface area (TPSA) is 49.3 Å². The van der Waals surface area contributed by atoms with Crippen LogP contribution in [0, 0.1) is 0 Å². The maximum Gasteiger partial charge on any atom is 0.152 e. The fourth-order valence-corrected chi connectivity index (χ4v) is 1.24. The molecule has 0 bridgehead atoms. The first-order valence-corrected chi connectivity index (χ1v) is 3.70. The van der Waals surface area contributed by atoms with Crippen molar-refractivity contribution in [1.82, 2.24) is 5.32 Å². The van der Waals surface area contributed by atoms with E-state index in [0.717, 1.165) is 6.54 Å². The summed E-state index contributed by atoms with van der Waals surface area (Å²) in [6, 6.07) is -0.287. The van der Waals surface area contributed by atoms with Gasteiger partial charge in [0.1, 0.15) is 0 Å². The molecule has 1 rings (SSSR count). The molecule has 1 aliphatic heterocycles. The van der Waals surface area contributed by atoms with Crippen molar-refractivity contribution in [1.29, 1.82) is 0 Å². The highest BCUT2D eigenvalue weighted by Crippen LogP contribution is 2.08. The lowest BCUT2D eigenvalue weighted by Gasteiger charge is -2.10. The van der Waals surface area contributed by atoms with Crippen LogP contribution < -0.4 is 5.32 Å². The van der Waals surface area contributed by atoms with Gasteiger partial charge in [-0.1, -0.05) is 6.92 Å². The van der Waals surface area contributed by atoms with Gasteiger partial charge in [-0.15, -0.1) is 0 Å². The maximum atomic E-state index is 11.0. The Balaban J connectivity index is 2.46. The lowest BCUT2D eigenvalue weighted by Crippen LogP contribution is -2.37. The first-order chi connectivity index (χ1) is 4.75. The largest absolute Gasteiger partial charge is 0.391 e. The highest BCUT2D eigenvalue weighted by molar-refractivity contribution is 5.84. The van der Waals surface area contributed by atoms with Crippen LogP contribution in [0.2, 0.25) is 0 Å². The highest BCUT2D eigenvalue weighted by atomic mass is 16.3. The van der Waals surface area contributed by atoms with Crippen LogP contribution >= 0.6 is 0 Å². The van der Waals surface area contributed by atoms with Crippen molar-refractivity contribution in [3.05, 3.63) is 0 Å². The minimum absolute atomic E-state index is 0.116. The summed E-state index contributed by atoms with van der Waals surface area (Å²) in [4.78, 5) is 11.0. The molecule has 0 unspecified atom stereocenters. The van der Waals surface area contributed by atoms with Crippen LogP contribution in [-0.2, 0) is 4.79 Å². The van der Waals surface area contributed by atoms with Gasteiger partial charge in [0.05, 0.1) is 12.1 Å². The third-order valence-corrected chi connectivity index (χ3v) is 1.88. The molecular weight excluding hydrogens is 130 g/mol. The molecule has 58 valence electrons. The Morgan fingerprint density at radius 3 is 2.90 bits per heavy atom. The van der Waals surface area contributed by atoms with E-state index < -0.39 is 6.10 Å². The van der Waals surface area contributed by atoms with Crippen LogP contribution in [0.5, 0.6) is 0 Å². The van der Waals surface area contributed by atoms with E-state index in [9.17, 15) is 9.90 Å². The van der Waals surface area contributed by atoms with Crippen molar-refractivity contribution >= 4 is 5.78 Å². The van der Waals surface area contributed by atoms with Crippen LogP contribution in [0.1, 0.15) is 19.8 Å². The van der Waals surface area contributed by atoms with Gasteiger partial charge in [-0.2, -0.15) is 0 Å². The molecule has 1 fully saturated rings. The third kappa shape index (κ3) is 1.36. The summed E-state index contributed by atoms with van der Waals surface area (Å²) in [6.07, 6.45) is 0.762. The molecule has 1 heterocycles. The van der Waals surface area contributed by atoms with E-state index >= 15 is 0 Å². The van der Waals surface area contributed by atoms with E-state index in [1.54, 1.807) is 0 Å². The van der Waals surface area contributed by atoms with Gasteiger partial charge in [-0.3, -0.25) is 4.79 Å². The molecule has 0 aliphatic carbocycles. The minimum Gasteiger partial charge on any atom is -0.391 e. The van der Waals surface area contributed by atoms with Crippen molar-refractivity contribution < 1.29 is 9.90 Å². The van der Waals surface area contributed by atoms with Gasteiger partial charge >= 0.3 is 0 Å². The van der Waals surface area contributed by atoms with E-state index in [1.807, 2.05) is 6.92 Å². The summed E-state index contributed by atoms with van der Waals surface area (Å²) in [5.74, 6) is 0.116. The van der Waals surface area contributed by atoms with Gasteiger partial charge in [-0.05, 0) is 13.0 Å². The molecule has 3 nitrogen and oxygen atoms in total. The molecule has 0 aromatic rings. The number of rotatable bonds is 2. The zero-order chi connectivity index (χ0) is 7.56. The summed E-state index contributed by atoms with van der Waals surface area (Å²) in [7, 11) is 0. The van der Waals surface area contributed by atoms with Crippen molar-refractivity contribution in [2.45, 2.75) is 31.9 Å². The minimum atomic E-state index is -0.451. The van der Waals surface area contributed by atoms with E-state index in [1.165, 1.54) is 0 Å². The van der Waals surface area contributed by atoms with Crippen LogP contribution in [-0.4, -0.2) is 29.6 Å². The zero-order valence-corrected chi connectivity index (χ0v) is 6.13. The average Bonchev–Trinajstić information content (AvgIpc) is 2.34. The molecule has 0 spiro atoms. The first kappa shape index (κ1) is 7.69. The Labute approximate surface area is 60.4 Å². The zero-order valence-electron chi connectivity index (χ0n) is 6.13. The molecule has 0 aromatic heterocycles. The second-order valence-electron chi connectivity index (χ2n) is 2.61. The number of aliphatic hydroxyl groups excluding tert-OH is 1. The van der Waals surface area contributed by atoms with Crippen molar-refractivity contribution in [2.75, 3.05) is 6.54 Å². The Bertz CT molecular complexity index is 136. The molecule has 0 saturated carbocycles. The number of nitrogens with one attached hydrogen (secondary N) is 1. The lowest BCUT2D eigenvalue weighted by molar-refractivity contribution is -0.122. The summed E-state index contributed by atoms with van der Waals surface area (Å²) >= 11 is 0. The number of carbonyl (C=O) groups is 1. The quantitative estimate of drug-likeness (QED) is 0.557. The van der Waals surface area contributed by atoms with E-state index in [2.05, 4.69) is 5.32 Å². The summed E-state index contributed by atoms with van der Waals surface area (Å²) in [5, 5.41) is 12.2. The molecule has 2 N–H and O–H groups in total. The maximum absolute atomic E-state index is 11.0. The molecule has 0 aromatic carbocycles. The van der Waals surface area contributed by atoms with Crippen LogP contribution in [0.4, 0.5) is 0 Å². The van der Waals surface area contributed by atoms with E-state index in [4.69, 9.17) is 0 Å². The molecule has 0 amide bonds. The van der Waals surface area contributed by atoms with Crippen molar-refractivity contribution in [3.8, 4) is 0 Å². The van der Waals surface area contributed by atoms with Gasteiger partial charge in [0.25, 0.3) is 0 Å². The second kappa shape index (κ2) is 3.12. The number of carbonyl (C=O) groups excluding carboxylic acids is 1. The van der Waals surface area contributed by atoms with Crippen molar-refractivity contribution in [3.63, 3.8) is 0 Å². The second-order valence-corrected chi connectivity index (χ2v) is 2.61. The number of aliphatic hydroxyl groups is 1. The fourth-order valence-electron chi connectivity index (χ4n) is 1.24. The molecule has 1 aliphatic rings. The molecule has 10 heavy (non-hydrogen) atoms. The average molecular weight is 143 g/mol. The van der Waals surface area contributed by atoms with Crippen LogP contribution in [0.15, 0.2) is 0 Å². The number of Topliss-reactive ketones (excluding diaryl/α,β-unsaturated/α-hetero) is 1. The van der Waals surface area contributed by atoms with Crippen LogP contribution in [0.3, 0.4) is 0 Å². The molecule has 0 radical (unpaired) electrons. The predicted molar refractivity (Wildman–Crippen MR) is 37.7 cm³/mol. The third-order valence-electron chi connectivity index (χ3n) is 1.88. The van der Waals surface area contributed by atoms with Gasteiger partial charge in [0, 0.05) is 6.42 Å². The summed E-state index contributed by atoms with van der Waals surface area (Å²) in [6.45, 7) is 2.58. The van der Waals surface area contributed by atoms with Gasteiger partial charge < -0.3 is 10.4 Å². The SMILES string of the molecule is CCC(=O)[C@@H]1NCC[C@@H]1O. The number of hydrogen-bond donors (Lipinski definition) is 2. The first-order valence-electron chi connectivity index (χ1n) is 3.70. The molecule has 2 atom stereocenters. The molecule has 1 saturated heterocycles. The van der Waals surface area contributed by atoms with E-state index in [0.29, 0.717) is 12.8 Å². The standard InChI is InChI=1S/C7H13NO2/c1-2-5(9)7-6(10)3-4-8-7/h6-8,10H,2-4H2,1H3/t6-,7-/m0/s1. The highest BCUT2D eigenvalue weighted by Gasteiger charge is 2.29. The molecule has 3 heteroatoms. The Morgan fingerprint density at radius 1 is 1.80 bits per heavy atom. The lowest BCUT2D eigenvalue weighted by atomic mass is 10.1. The van der Waals surface area contributed by atoms with Crippen molar-refractivity contribution in [2.24, 2.45) is 0 Å². The monoisotopic (exact) mass is 143 g/mol. The smallest absolute Gasteiger partial charge is 0.152 e. The van der Waals surface area contributed by atoms with Gasteiger partial charge in [0.2, 0.25) is 0 Å². The van der Waals surface area contributed by atoms with E-state index in [-0.39, 0.29) is 11.8 Å². The number of ketones is 1. The fraction of sp³-hybridized carbons (Fsp3) is 0.857. The Morgan fingerprint density at radius 2 is 2.50 bits per heavy atom. The Kier molecular flexibility index (Phi) is 2.40. The van der Waals surface area contributed by atoms with Crippen LogP contribution in [0.25, 0.3) is 0 Å². The predicted octanol–water partition coefficient (Wildman–Crippen LogP) is -0.312. The molecular formula is C7H13NO2. The normalized spacial score (nSPS) is 32.6.